The molecule has 19 heavy (non-hydrogen) atoms. The van der Waals surface area contributed by atoms with Gasteiger partial charge in [-0.15, -0.1) is 0 Å². The van der Waals surface area contributed by atoms with E-state index < -0.39 is 17.9 Å². The molecule has 104 valence electrons. The van der Waals surface area contributed by atoms with E-state index in [1.807, 2.05) is 14.0 Å². The van der Waals surface area contributed by atoms with Gasteiger partial charge in [0.1, 0.15) is 0 Å². The Morgan fingerprint density at radius 3 is 2.84 bits per heavy atom. The molecule has 2 heterocycles. The summed E-state index contributed by atoms with van der Waals surface area (Å²) in [5.74, 6) is -1.37. The number of carbonyl (C=O) groups is 2. The van der Waals surface area contributed by atoms with Crippen LogP contribution in [-0.2, 0) is 16.6 Å². The molecule has 1 saturated heterocycles. The van der Waals surface area contributed by atoms with Crippen LogP contribution in [0.5, 0.6) is 0 Å². The third kappa shape index (κ3) is 2.47. The van der Waals surface area contributed by atoms with Crippen molar-refractivity contribution in [1.82, 2.24) is 14.5 Å². The Balaban J connectivity index is 2.41. The van der Waals surface area contributed by atoms with Crippen LogP contribution >= 0.6 is 0 Å². The highest BCUT2D eigenvalue weighted by molar-refractivity contribution is 5.81. The van der Waals surface area contributed by atoms with Gasteiger partial charge < -0.3 is 14.6 Å². The molecule has 1 N–H and O–H groups in total. The molecule has 0 unspecified atom stereocenters. The van der Waals surface area contributed by atoms with Gasteiger partial charge in [-0.2, -0.15) is 0 Å². The quantitative estimate of drug-likeness (QED) is 0.887. The summed E-state index contributed by atoms with van der Waals surface area (Å²) in [7, 11) is 1.82. The lowest BCUT2D eigenvalue weighted by Gasteiger charge is -2.39. The monoisotopic (exact) mass is 265 g/mol. The first-order valence-electron chi connectivity index (χ1n) is 6.54. The Labute approximate surface area is 112 Å². The van der Waals surface area contributed by atoms with E-state index in [0.717, 1.165) is 12.1 Å². The van der Waals surface area contributed by atoms with Crippen molar-refractivity contribution >= 4 is 11.9 Å². The number of rotatable bonds is 4. The third-order valence-corrected chi connectivity index (χ3v) is 3.65. The van der Waals surface area contributed by atoms with Crippen LogP contribution in [0.3, 0.4) is 0 Å². The highest BCUT2D eigenvalue weighted by atomic mass is 16.4. The molecule has 6 heteroatoms. The first-order chi connectivity index (χ1) is 9.06. The molecule has 1 aliphatic rings. The fraction of sp³-hybridized carbons (Fsp3) is 0.615. The number of nitrogens with zero attached hydrogens (tertiary/aromatic N) is 3. The van der Waals surface area contributed by atoms with Gasteiger partial charge in [-0.1, -0.05) is 6.92 Å². The molecule has 0 aliphatic carbocycles. The van der Waals surface area contributed by atoms with Gasteiger partial charge in [0.2, 0.25) is 5.91 Å². The lowest BCUT2D eigenvalue weighted by molar-refractivity contribution is -0.152. The van der Waals surface area contributed by atoms with Crippen LogP contribution < -0.4 is 0 Å². The maximum Gasteiger partial charge on any atom is 0.309 e. The number of aromatic nitrogens is 2. The predicted molar refractivity (Wildman–Crippen MR) is 68.3 cm³/mol. The molecule has 1 aliphatic heterocycles. The van der Waals surface area contributed by atoms with Crippen molar-refractivity contribution in [2.24, 2.45) is 13.0 Å². The zero-order valence-corrected chi connectivity index (χ0v) is 11.2. The molecule has 0 aromatic carbocycles. The van der Waals surface area contributed by atoms with Crippen LogP contribution in [0.25, 0.3) is 0 Å². The largest absolute Gasteiger partial charge is 0.481 e. The fourth-order valence-corrected chi connectivity index (χ4v) is 2.73. The van der Waals surface area contributed by atoms with Gasteiger partial charge in [-0.05, 0) is 12.8 Å². The van der Waals surface area contributed by atoms with Gasteiger partial charge in [-0.25, -0.2) is 4.98 Å². The van der Waals surface area contributed by atoms with Crippen molar-refractivity contribution in [2.45, 2.75) is 32.2 Å². The summed E-state index contributed by atoms with van der Waals surface area (Å²) in [5, 5.41) is 9.40. The number of carbonyl (C=O) groups excluding carboxylic acids is 1. The molecule has 0 saturated carbocycles. The van der Waals surface area contributed by atoms with E-state index in [1.54, 1.807) is 22.0 Å². The van der Waals surface area contributed by atoms with E-state index in [-0.39, 0.29) is 5.91 Å². The van der Waals surface area contributed by atoms with Crippen molar-refractivity contribution in [3.8, 4) is 0 Å². The topological polar surface area (TPSA) is 75.4 Å². The summed E-state index contributed by atoms with van der Waals surface area (Å²) in [6.07, 6.45) is 4.81. The SMILES string of the molecule is CCCN1C(=O)CC[C@H](C(=O)O)[C@H]1c1cncn1C. The second-order valence-electron chi connectivity index (χ2n) is 4.94. The first-order valence-corrected chi connectivity index (χ1v) is 6.54. The Morgan fingerprint density at radius 1 is 1.58 bits per heavy atom. The van der Waals surface area contributed by atoms with E-state index >= 15 is 0 Å². The van der Waals surface area contributed by atoms with Gasteiger partial charge in [0.25, 0.3) is 0 Å². The van der Waals surface area contributed by atoms with E-state index in [1.165, 1.54) is 0 Å². The van der Waals surface area contributed by atoms with Gasteiger partial charge >= 0.3 is 5.97 Å². The maximum atomic E-state index is 12.1. The van der Waals surface area contributed by atoms with E-state index in [4.69, 9.17) is 0 Å². The average Bonchev–Trinajstić information content (AvgIpc) is 2.77. The number of hydrogen-bond donors (Lipinski definition) is 1. The Morgan fingerprint density at radius 2 is 2.32 bits per heavy atom. The van der Waals surface area contributed by atoms with Gasteiger partial charge in [0.05, 0.1) is 30.2 Å². The maximum absolute atomic E-state index is 12.1. The lowest BCUT2D eigenvalue weighted by atomic mass is 9.86. The summed E-state index contributed by atoms with van der Waals surface area (Å²) in [5.41, 5.74) is 0.786. The molecule has 0 bridgehead atoms. The number of piperidine rings is 1. The van der Waals surface area contributed by atoms with Crippen molar-refractivity contribution < 1.29 is 14.7 Å². The van der Waals surface area contributed by atoms with E-state index in [9.17, 15) is 14.7 Å². The molecular weight excluding hydrogens is 246 g/mol. The molecule has 2 rings (SSSR count). The molecule has 1 fully saturated rings. The van der Waals surface area contributed by atoms with E-state index in [2.05, 4.69) is 4.98 Å². The van der Waals surface area contributed by atoms with Crippen LogP contribution in [0, 0.1) is 5.92 Å². The molecule has 0 spiro atoms. The minimum Gasteiger partial charge on any atom is -0.481 e. The number of amides is 1. The number of imidazole rings is 1. The van der Waals surface area contributed by atoms with E-state index in [0.29, 0.717) is 19.4 Å². The number of carboxylic acid groups (broad SMARTS) is 1. The minimum absolute atomic E-state index is 0.0329. The van der Waals surface area contributed by atoms with Crippen LogP contribution in [0.15, 0.2) is 12.5 Å². The van der Waals surface area contributed by atoms with Crippen molar-refractivity contribution in [2.75, 3.05) is 6.54 Å². The number of likely N-dealkylation sites (tertiary alicyclic amines) is 1. The van der Waals surface area contributed by atoms with Crippen LogP contribution in [0.1, 0.15) is 37.9 Å². The summed E-state index contributed by atoms with van der Waals surface area (Å²) in [6, 6.07) is -0.411. The zero-order valence-electron chi connectivity index (χ0n) is 11.2. The Hall–Kier alpha value is -1.85. The standard InChI is InChI=1S/C13H19N3O3/c1-3-6-16-11(17)5-4-9(13(18)19)12(16)10-7-14-8-15(10)2/h7-9,12H,3-6H2,1-2H3,(H,18,19)/t9-,12-/m0/s1. The molecule has 6 nitrogen and oxygen atoms in total. The smallest absolute Gasteiger partial charge is 0.309 e. The lowest BCUT2D eigenvalue weighted by Crippen LogP contribution is -2.46. The Kier molecular flexibility index (Phi) is 3.87. The molecule has 1 aromatic heterocycles. The normalized spacial score (nSPS) is 23.7. The molecule has 2 atom stereocenters. The summed E-state index contributed by atoms with van der Waals surface area (Å²) >= 11 is 0. The summed E-state index contributed by atoms with van der Waals surface area (Å²) < 4.78 is 1.79. The van der Waals surface area contributed by atoms with Crippen LogP contribution in [0.4, 0.5) is 0 Å². The highest BCUT2D eigenvalue weighted by Gasteiger charge is 2.41. The second-order valence-corrected chi connectivity index (χ2v) is 4.94. The molecule has 1 aromatic rings. The summed E-state index contributed by atoms with van der Waals surface area (Å²) in [6.45, 7) is 2.57. The number of aryl methyl sites for hydroxylation is 1. The zero-order chi connectivity index (χ0) is 14.0. The molecule has 1 amide bonds. The molecule has 0 radical (unpaired) electrons. The number of carboxylic acids is 1. The number of aliphatic carboxylic acids is 1. The third-order valence-electron chi connectivity index (χ3n) is 3.65. The average molecular weight is 265 g/mol. The first kappa shape index (κ1) is 13.6. The number of hydrogen-bond acceptors (Lipinski definition) is 3. The van der Waals surface area contributed by atoms with Gasteiger partial charge in [0.15, 0.2) is 0 Å². The van der Waals surface area contributed by atoms with Crippen LogP contribution in [-0.4, -0.2) is 38.0 Å². The second kappa shape index (κ2) is 5.42. The van der Waals surface area contributed by atoms with Crippen molar-refractivity contribution in [1.29, 1.82) is 0 Å². The minimum atomic E-state index is -0.847. The van der Waals surface area contributed by atoms with Crippen molar-refractivity contribution in [3.05, 3.63) is 18.2 Å². The van der Waals surface area contributed by atoms with Gasteiger partial charge in [0, 0.05) is 20.0 Å². The van der Waals surface area contributed by atoms with Gasteiger partial charge in [-0.3, -0.25) is 9.59 Å². The summed E-state index contributed by atoms with van der Waals surface area (Å²) in [4.78, 5) is 29.3. The molecular formula is C13H19N3O3. The Bertz CT molecular complexity index is 483. The fourth-order valence-electron chi connectivity index (χ4n) is 2.73. The highest BCUT2D eigenvalue weighted by Crippen LogP contribution is 2.36. The van der Waals surface area contributed by atoms with Crippen molar-refractivity contribution in [3.63, 3.8) is 0 Å². The van der Waals surface area contributed by atoms with Crippen LogP contribution in [0.2, 0.25) is 0 Å². The predicted octanol–water partition coefficient (Wildman–Crippen LogP) is 1.19.